The summed E-state index contributed by atoms with van der Waals surface area (Å²) in [5.74, 6) is -0.174. The Morgan fingerprint density at radius 1 is 1.65 bits per heavy atom. The standard InChI is InChI=1S/C12H16N2O2S/c1-8(10-4-3-5-17-10)13-12(16)9-6-11(15)14(2)7-9/h3-5,8-9H,6-7H2,1-2H3,(H,13,16)/t8-,9+/m0/s1. The number of carbonyl (C=O) groups is 2. The fourth-order valence-corrected chi connectivity index (χ4v) is 2.71. The van der Waals surface area contributed by atoms with Crippen LogP contribution in [0, 0.1) is 5.92 Å². The number of rotatable bonds is 3. The van der Waals surface area contributed by atoms with Gasteiger partial charge in [-0.3, -0.25) is 9.59 Å². The van der Waals surface area contributed by atoms with Crippen LogP contribution in [0.3, 0.4) is 0 Å². The van der Waals surface area contributed by atoms with Crippen molar-refractivity contribution in [2.45, 2.75) is 19.4 Å². The fourth-order valence-electron chi connectivity index (χ4n) is 1.98. The lowest BCUT2D eigenvalue weighted by Crippen LogP contribution is -2.33. The Labute approximate surface area is 105 Å². The largest absolute Gasteiger partial charge is 0.348 e. The average Bonchev–Trinajstić information content (AvgIpc) is 2.89. The molecule has 1 aliphatic heterocycles. The maximum absolute atomic E-state index is 12.0. The highest BCUT2D eigenvalue weighted by Gasteiger charge is 2.32. The topological polar surface area (TPSA) is 49.4 Å². The van der Waals surface area contributed by atoms with Gasteiger partial charge in [0.15, 0.2) is 0 Å². The highest BCUT2D eigenvalue weighted by atomic mass is 32.1. The Morgan fingerprint density at radius 3 is 2.94 bits per heavy atom. The first-order chi connectivity index (χ1) is 8.08. The van der Waals surface area contributed by atoms with E-state index in [0.29, 0.717) is 13.0 Å². The van der Waals surface area contributed by atoms with Gasteiger partial charge in [-0.15, -0.1) is 11.3 Å². The van der Waals surface area contributed by atoms with Crippen molar-refractivity contribution in [1.29, 1.82) is 0 Å². The van der Waals surface area contributed by atoms with E-state index in [4.69, 9.17) is 0 Å². The Hall–Kier alpha value is -1.36. The molecule has 5 heteroatoms. The Balaban J connectivity index is 1.92. The molecule has 1 saturated heterocycles. The number of carbonyl (C=O) groups excluding carboxylic acids is 2. The van der Waals surface area contributed by atoms with Crippen molar-refractivity contribution < 1.29 is 9.59 Å². The third kappa shape index (κ3) is 2.66. The third-order valence-corrected chi connectivity index (χ3v) is 4.10. The molecule has 0 bridgehead atoms. The maximum Gasteiger partial charge on any atom is 0.225 e. The fraction of sp³-hybridized carbons (Fsp3) is 0.500. The number of thiophene rings is 1. The smallest absolute Gasteiger partial charge is 0.225 e. The minimum Gasteiger partial charge on any atom is -0.348 e. The lowest BCUT2D eigenvalue weighted by atomic mass is 10.1. The molecule has 17 heavy (non-hydrogen) atoms. The van der Waals surface area contributed by atoms with Gasteiger partial charge >= 0.3 is 0 Å². The molecule has 2 heterocycles. The third-order valence-electron chi connectivity index (χ3n) is 3.04. The first kappa shape index (κ1) is 12.1. The molecule has 2 amide bonds. The molecule has 0 radical (unpaired) electrons. The molecule has 2 atom stereocenters. The van der Waals surface area contributed by atoms with Gasteiger partial charge in [-0.2, -0.15) is 0 Å². The second-order valence-electron chi connectivity index (χ2n) is 4.42. The zero-order chi connectivity index (χ0) is 12.4. The number of likely N-dealkylation sites (tertiary alicyclic amines) is 1. The van der Waals surface area contributed by atoms with E-state index in [0.717, 1.165) is 4.88 Å². The summed E-state index contributed by atoms with van der Waals surface area (Å²) in [6.45, 7) is 2.49. The summed E-state index contributed by atoms with van der Waals surface area (Å²) in [6, 6.07) is 3.99. The predicted octanol–water partition coefficient (Wildman–Crippen LogP) is 1.40. The molecule has 1 N–H and O–H groups in total. The minimum atomic E-state index is -0.199. The van der Waals surface area contributed by atoms with Crippen LogP contribution < -0.4 is 5.32 Å². The van der Waals surface area contributed by atoms with Crippen LogP contribution in [0.1, 0.15) is 24.3 Å². The van der Waals surface area contributed by atoms with Gasteiger partial charge in [0.2, 0.25) is 11.8 Å². The molecule has 2 rings (SSSR count). The number of hydrogen-bond acceptors (Lipinski definition) is 3. The van der Waals surface area contributed by atoms with Crippen LogP contribution >= 0.6 is 11.3 Å². The Morgan fingerprint density at radius 2 is 2.41 bits per heavy atom. The van der Waals surface area contributed by atoms with Crippen molar-refractivity contribution in [3.05, 3.63) is 22.4 Å². The van der Waals surface area contributed by atoms with Gasteiger partial charge in [0.05, 0.1) is 12.0 Å². The number of hydrogen-bond donors (Lipinski definition) is 1. The zero-order valence-electron chi connectivity index (χ0n) is 9.97. The van der Waals surface area contributed by atoms with Crippen LogP contribution in [0.25, 0.3) is 0 Å². The first-order valence-corrected chi connectivity index (χ1v) is 6.53. The van der Waals surface area contributed by atoms with Crippen LogP contribution in [-0.4, -0.2) is 30.3 Å². The molecule has 0 spiro atoms. The highest BCUT2D eigenvalue weighted by Crippen LogP contribution is 2.21. The van der Waals surface area contributed by atoms with Gasteiger partial charge in [0.25, 0.3) is 0 Å². The molecule has 1 aliphatic rings. The Kier molecular flexibility index (Phi) is 3.47. The monoisotopic (exact) mass is 252 g/mol. The van der Waals surface area contributed by atoms with Crippen LogP contribution in [0.5, 0.6) is 0 Å². The van der Waals surface area contributed by atoms with E-state index in [9.17, 15) is 9.59 Å². The predicted molar refractivity (Wildman–Crippen MR) is 66.6 cm³/mol. The molecular formula is C12H16N2O2S. The summed E-state index contributed by atoms with van der Waals surface area (Å²) < 4.78 is 0. The molecule has 0 saturated carbocycles. The Bertz CT molecular complexity index is 416. The summed E-state index contributed by atoms with van der Waals surface area (Å²) in [5.41, 5.74) is 0. The van der Waals surface area contributed by atoms with Gasteiger partial charge in [0, 0.05) is 24.9 Å². The average molecular weight is 252 g/mol. The lowest BCUT2D eigenvalue weighted by Gasteiger charge is -2.15. The molecule has 1 aromatic heterocycles. The number of amides is 2. The zero-order valence-corrected chi connectivity index (χ0v) is 10.8. The molecular weight excluding hydrogens is 236 g/mol. The maximum atomic E-state index is 12.0. The molecule has 92 valence electrons. The van der Waals surface area contributed by atoms with Gasteiger partial charge in [-0.05, 0) is 18.4 Å². The van der Waals surface area contributed by atoms with Crippen molar-refractivity contribution in [3.8, 4) is 0 Å². The van der Waals surface area contributed by atoms with Crippen molar-refractivity contribution in [3.63, 3.8) is 0 Å². The molecule has 4 nitrogen and oxygen atoms in total. The molecule has 0 unspecified atom stereocenters. The molecule has 1 aromatic rings. The highest BCUT2D eigenvalue weighted by molar-refractivity contribution is 7.10. The van der Waals surface area contributed by atoms with E-state index in [-0.39, 0.29) is 23.8 Å². The molecule has 0 aromatic carbocycles. The van der Waals surface area contributed by atoms with Gasteiger partial charge < -0.3 is 10.2 Å². The number of nitrogens with one attached hydrogen (secondary N) is 1. The van der Waals surface area contributed by atoms with E-state index in [1.165, 1.54) is 0 Å². The van der Waals surface area contributed by atoms with E-state index in [2.05, 4.69) is 5.32 Å². The van der Waals surface area contributed by atoms with Gasteiger partial charge in [-0.1, -0.05) is 6.07 Å². The van der Waals surface area contributed by atoms with Crippen LogP contribution in [-0.2, 0) is 9.59 Å². The van der Waals surface area contributed by atoms with Crippen molar-refractivity contribution in [2.75, 3.05) is 13.6 Å². The minimum absolute atomic E-state index is 0.0171. The second-order valence-corrected chi connectivity index (χ2v) is 5.40. The normalized spacial score (nSPS) is 21.6. The van der Waals surface area contributed by atoms with Crippen LogP contribution in [0.15, 0.2) is 17.5 Å². The molecule has 1 fully saturated rings. The van der Waals surface area contributed by atoms with Crippen LogP contribution in [0.2, 0.25) is 0 Å². The van der Waals surface area contributed by atoms with E-state index < -0.39 is 0 Å². The van der Waals surface area contributed by atoms with Crippen molar-refractivity contribution in [2.24, 2.45) is 5.92 Å². The summed E-state index contributed by atoms with van der Waals surface area (Å²) in [6.07, 6.45) is 0.333. The van der Waals surface area contributed by atoms with E-state index in [1.54, 1.807) is 23.3 Å². The van der Waals surface area contributed by atoms with Crippen molar-refractivity contribution in [1.82, 2.24) is 10.2 Å². The second kappa shape index (κ2) is 4.87. The summed E-state index contributed by atoms with van der Waals surface area (Å²) in [5, 5.41) is 4.95. The quantitative estimate of drug-likeness (QED) is 0.884. The first-order valence-electron chi connectivity index (χ1n) is 5.65. The van der Waals surface area contributed by atoms with Gasteiger partial charge in [0.1, 0.15) is 0 Å². The van der Waals surface area contributed by atoms with Crippen molar-refractivity contribution >= 4 is 23.2 Å². The van der Waals surface area contributed by atoms with Crippen LogP contribution in [0.4, 0.5) is 0 Å². The van der Waals surface area contributed by atoms with E-state index >= 15 is 0 Å². The SMILES string of the molecule is C[C@H](NC(=O)[C@@H]1CC(=O)N(C)C1)c1cccs1. The van der Waals surface area contributed by atoms with Gasteiger partial charge in [-0.25, -0.2) is 0 Å². The molecule has 0 aliphatic carbocycles. The van der Waals surface area contributed by atoms with E-state index in [1.807, 2.05) is 24.4 Å². The number of nitrogens with zero attached hydrogens (tertiary/aromatic N) is 1. The summed E-state index contributed by atoms with van der Waals surface area (Å²) in [4.78, 5) is 26.1. The summed E-state index contributed by atoms with van der Waals surface area (Å²) in [7, 11) is 1.73. The lowest BCUT2D eigenvalue weighted by molar-refractivity contribution is -0.128. The summed E-state index contributed by atoms with van der Waals surface area (Å²) >= 11 is 1.62.